The van der Waals surface area contributed by atoms with Crippen molar-refractivity contribution >= 4 is 51.1 Å². The van der Waals surface area contributed by atoms with Gasteiger partial charge in [-0.25, -0.2) is 0 Å². The van der Waals surface area contributed by atoms with Gasteiger partial charge < -0.3 is 10.1 Å². The number of anilines is 1. The maximum Gasteiger partial charge on any atom is 0.256 e. The summed E-state index contributed by atoms with van der Waals surface area (Å²) < 4.78 is 7.22. The van der Waals surface area contributed by atoms with E-state index in [1.54, 1.807) is 25.3 Å². The first-order valence-corrected chi connectivity index (χ1v) is 7.75. The molecule has 3 aromatic rings. The second kappa shape index (κ2) is 4.86. The molecule has 0 atom stereocenters. The lowest BCUT2D eigenvalue weighted by Crippen LogP contribution is -2.04. The van der Waals surface area contributed by atoms with Crippen LogP contribution in [0.1, 0.15) is 11.3 Å². The van der Waals surface area contributed by atoms with Crippen molar-refractivity contribution in [3.8, 4) is 5.88 Å². The number of carbonyl (C=O) groups is 1. The first kappa shape index (κ1) is 13.4. The summed E-state index contributed by atoms with van der Waals surface area (Å²) >= 11 is 7.48. The highest BCUT2D eigenvalue weighted by Crippen LogP contribution is 2.36. The normalized spacial score (nSPS) is 15.4. The highest BCUT2D eigenvalue weighted by molar-refractivity contribution is 7.15. The molecule has 0 radical (unpaired) electrons. The number of rotatable bonds is 2. The second-order valence-electron chi connectivity index (χ2n) is 4.76. The molecule has 1 aliphatic rings. The molecule has 110 valence electrons. The van der Waals surface area contributed by atoms with E-state index in [0.29, 0.717) is 22.2 Å². The van der Waals surface area contributed by atoms with E-state index in [-0.39, 0.29) is 5.91 Å². The minimum absolute atomic E-state index is 0.163. The highest BCUT2D eigenvalue weighted by Gasteiger charge is 2.25. The smallest absolute Gasteiger partial charge is 0.256 e. The summed E-state index contributed by atoms with van der Waals surface area (Å²) in [5, 5.41) is 5.34. The lowest BCUT2D eigenvalue weighted by molar-refractivity contribution is -0.110. The van der Waals surface area contributed by atoms with Gasteiger partial charge >= 0.3 is 0 Å². The van der Waals surface area contributed by atoms with Crippen molar-refractivity contribution in [1.29, 1.82) is 0 Å². The van der Waals surface area contributed by atoms with Crippen molar-refractivity contribution in [3.05, 3.63) is 46.1 Å². The Hall–Kier alpha value is -2.31. The number of halogens is 1. The fourth-order valence-electron chi connectivity index (χ4n) is 2.51. The zero-order valence-corrected chi connectivity index (χ0v) is 13.0. The van der Waals surface area contributed by atoms with Gasteiger partial charge in [-0.2, -0.15) is 4.98 Å². The highest BCUT2D eigenvalue weighted by atomic mass is 35.5. The lowest BCUT2D eigenvalue weighted by atomic mass is 10.1. The Balaban J connectivity index is 1.92. The number of aromatic nitrogens is 2. The first-order chi connectivity index (χ1) is 10.7. The molecule has 0 spiro atoms. The van der Waals surface area contributed by atoms with E-state index in [0.717, 1.165) is 16.2 Å². The predicted molar refractivity (Wildman–Crippen MR) is 87.6 cm³/mol. The Morgan fingerprint density at radius 1 is 1.45 bits per heavy atom. The number of ether oxygens (including phenoxy) is 1. The van der Waals surface area contributed by atoms with Crippen molar-refractivity contribution in [2.45, 2.75) is 0 Å². The zero-order chi connectivity index (χ0) is 15.3. The topological polar surface area (TPSA) is 55.6 Å². The molecule has 0 fully saturated rings. The number of methoxy groups -OCH3 is 1. The van der Waals surface area contributed by atoms with Crippen molar-refractivity contribution < 1.29 is 9.53 Å². The molecular weight excluding hydrogens is 322 g/mol. The zero-order valence-electron chi connectivity index (χ0n) is 11.5. The van der Waals surface area contributed by atoms with E-state index >= 15 is 0 Å². The van der Waals surface area contributed by atoms with Gasteiger partial charge in [0.15, 0.2) is 4.96 Å². The van der Waals surface area contributed by atoms with Crippen LogP contribution in [0.2, 0.25) is 5.02 Å². The molecule has 1 aliphatic heterocycles. The average molecular weight is 332 g/mol. The number of carbonyl (C=O) groups excluding carboxylic acids is 1. The van der Waals surface area contributed by atoms with Crippen LogP contribution in [0.25, 0.3) is 16.6 Å². The lowest BCUT2D eigenvalue weighted by Gasteiger charge is -2.00. The van der Waals surface area contributed by atoms with E-state index in [1.165, 1.54) is 11.3 Å². The molecule has 0 aliphatic carbocycles. The van der Waals surface area contributed by atoms with Gasteiger partial charge in [0.1, 0.15) is 5.69 Å². The minimum Gasteiger partial charge on any atom is -0.479 e. The number of fused-ring (bicyclic) bond motifs is 2. The molecule has 2 aromatic heterocycles. The van der Waals surface area contributed by atoms with Gasteiger partial charge in [-0.05, 0) is 18.2 Å². The number of hydrogen-bond acceptors (Lipinski definition) is 4. The Morgan fingerprint density at radius 3 is 3.14 bits per heavy atom. The molecule has 1 N–H and O–H groups in total. The standard InChI is InChI=1S/C15H10ClN3O2S/c1-21-14-12(19-4-5-22-15(19)18-14)7-10-9-3-2-8(16)6-11(9)17-13(10)20/h2-7H,1H3,(H,17,20)/b10-7+. The van der Waals surface area contributed by atoms with Gasteiger partial charge in [0.05, 0.1) is 18.4 Å². The second-order valence-corrected chi connectivity index (χ2v) is 6.07. The van der Waals surface area contributed by atoms with Crippen LogP contribution >= 0.6 is 22.9 Å². The van der Waals surface area contributed by atoms with Gasteiger partial charge in [0, 0.05) is 22.2 Å². The van der Waals surface area contributed by atoms with Gasteiger partial charge in [-0.1, -0.05) is 17.7 Å². The molecule has 0 bridgehead atoms. The summed E-state index contributed by atoms with van der Waals surface area (Å²) in [5.74, 6) is 0.332. The maximum atomic E-state index is 12.3. The molecule has 3 heterocycles. The number of hydrogen-bond donors (Lipinski definition) is 1. The molecule has 0 saturated carbocycles. The summed E-state index contributed by atoms with van der Waals surface area (Å²) in [6, 6.07) is 5.34. The van der Waals surface area contributed by atoms with Gasteiger partial charge in [0.2, 0.25) is 5.88 Å². The summed E-state index contributed by atoms with van der Waals surface area (Å²) in [4.78, 5) is 17.5. The van der Waals surface area contributed by atoms with Crippen molar-refractivity contribution in [2.75, 3.05) is 12.4 Å². The molecule has 7 heteroatoms. The molecular formula is C15H10ClN3O2S. The van der Waals surface area contributed by atoms with Crippen LogP contribution in [0.4, 0.5) is 5.69 Å². The number of nitrogens with one attached hydrogen (secondary N) is 1. The average Bonchev–Trinajstić information content (AvgIpc) is 3.14. The number of thiazole rings is 1. The molecule has 1 aromatic carbocycles. The van der Waals surface area contributed by atoms with E-state index in [4.69, 9.17) is 16.3 Å². The maximum absolute atomic E-state index is 12.3. The van der Waals surface area contributed by atoms with Crippen LogP contribution in [0.3, 0.4) is 0 Å². The van der Waals surface area contributed by atoms with E-state index in [2.05, 4.69) is 10.3 Å². The van der Waals surface area contributed by atoms with Crippen LogP contribution < -0.4 is 10.1 Å². The quantitative estimate of drug-likeness (QED) is 0.731. The van der Waals surface area contributed by atoms with Gasteiger partial charge in [-0.15, -0.1) is 11.3 Å². The Morgan fingerprint density at radius 2 is 2.32 bits per heavy atom. The summed E-state index contributed by atoms with van der Waals surface area (Å²) in [5.41, 5.74) is 2.85. The van der Waals surface area contributed by atoms with Gasteiger partial charge in [0.25, 0.3) is 5.91 Å². The van der Waals surface area contributed by atoms with Crippen molar-refractivity contribution in [1.82, 2.24) is 9.38 Å². The molecule has 1 amide bonds. The molecule has 0 saturated heterocycles. The minimum atomic E-state index is -0.163. The van der Waals surface area contributed by atoms with Crippen LogP contribution in [0, 0.1) is 0 Å². The Bertz CT molecular complexity index is 942. The third-order valence-electron chi connectivity index (χ3n) is 3.50. The largest absolute Gasteiger partial charge is 0.479 e. The number of nitrogens with zero attached hydrogens (tertiary/aromatic N) is 2. The summed E-state index contributed by atoms with van der Waals surface area (Å²) in [6.45, 7) is 0. The van der Waals surface area contributed by atoms with Crippen LogP contribution in [0.15, 0.2) is 29.8 Å². The molecule has 0 unspecified atom stereocenters. The van der Waals surface area contributed by atoms with Gasteiger partial charge in [-0.3, -0.25) is 9.20 Å². The van der Waals surface area contributed by atoms with Crippen LogP contribution in [0.5, 0.6) is 5.88 Å². The van der Waals surface area contributed by atoms with Crippen molar-refractivity contribution in [2.24, 2.45) is 0 Å². The van der Waals surface area contributed by atoms with E-state index in [9.17, 15) is 4.79 Å². The number of imidazole rings is 1. The molecule has 4 rings (SSSR count). The molecule has 5 nitrogen and oxygen atoms in total. The number of benzene rings is 1. The van der Waals surface area contributed by atoms with E-state index < -0.39 is 0 Å². The number of amides is 1. The van der Waals surface area contributed by atoms with Crippen LogP contribution in [-0.2, 0) is 4.79 Å². The Kier molecular flexibility index (Phi) is 2.95. The first-order valence-electron chi connectivity index (χ1n) is 6.50. The van der Waals surface area contributed by atoms with E-state index in [1.807, 2.05) is 22.0 Å². The van der Waals surface area contributed by atoms with Crippen molar-refractivity contribution in [3.63, 3.8) is 0 Å². The summed E-state index contributed by atoms with van der Waals surface area (Å²) in [6.07, 6.45) is 3.69. The SMILES string of the molecule is COc1nc2sccn2c1/C=C1/C(=O)Nc2cc(Cl)ccc21. The Labute approximate surface area is 134 Å². The fourth-order valence-corrected chi connectivity index (χ4v) is 3.40. The molecule has 22 heavy (non-hydrogen) atoms. The monoisotopic (exact) mass is 331 g/mol. The predicted octanol–water partition coefficient (Wildman–Crippen LogP) is 3.55. The van der Waals surface area contributed by atoms with Crippen LogP contribution in [-0.4, -0.2) is 22.4 Å². The third kappa shape index (κ3) is 1.92. The fraction of sp³-hybridized carbons (Fsp3) is 0.0667. The summed E-state index contributed by atoms with van der Waals surface area (Å²) in [7, 11) is 1.57. The third-order valence-corrected chi connectivity index (χ3v) is 4.50.